The summed E-state index contributed by atoms with van der Waals surface area (Å²) in [6.07, 6.45) is 4.57. The highest BCUT2D eigenvalue weighted by Crippen LogP contribution is 2.23. The van der Waals surface area contributed by atoms with Crippen LogP contribution < -0.4 is 0 Å². The van der Waals surface area contributed by atoms with Gasteiger partial charge < -0.3 is 0 Å². The summed E-state index contributed by atoms with van der Waals surface area (Å²) in [4.78, 5) is 14.4. The number of halogens is 1. The molecule has 16 heavy (non-hydrogen) atoms. The van der Waals surface area contributed by atoms with E-state index in [4.69, 9.17) is 0 Å². The minimum absolute atomic E-state index is 0.107. The van der Waals surface area contributed by atoms with Gasteiger partial charge in [-0.2, -0.15) is 0 Å². The van der Waals surface area contributed by atoms with Gasteiger partial charge >= 0.3 is 0 Å². The Morgan fingerprint density at radius 3 is 2.81 bits per heavy atom. The van der Waals surface area contributed by atoms with Gasteiger partial charge in [-0.15, -0.1) is 0 Å². The smallest absolute Gasteiger partial charge is 0.258 e. The number of rotatable bonds is 5. The second-order valence-electron chi connectivity index (χ2n) is 4.19. The van der Waals surface area contributed by atoms with Crippen LogP contribution in [-0.2, 0) is 6.42 Å². The van der Waals surface area contributed by atoms with Gasteiger partial charge in [-0.1, -0.05) is 29.8 Å². The summed E-state index contributed by atoms with van der Waals surface area (Å²) < 4.78 is 0. The van der Waals surface area contributed by atoms with Crippen LogP contribution in [0.1, 0.15) is 25.8 Å². The van der Waals surface area contributed by atoms with Crippen molar-refractivity contribution in [2.45, 2.75) is 31.5 Å². The number of pyridine rings is 1. The molecule has 0 N–H and O–H groups in total. The highest BCUT2D eigenvalue weighted by atomic mass is 79.9. The summed E-state index contributed by atoms with van der Waals surface area (Å²) >= 11 is 3.56. The van der Waals surface area contributed by atoms with Crippen molar-refractivity contribution in [2.24, 2.45) is 5.92 Å². The van der Waals surface area contributed by atoms with Crippen molar-refractivity contribution in [1.29, 1.82) is 0 Å². The Balaban J connectivity index is 2.76. The molecular formula is C11H15BrN2O2. The third-order valence-corrected chi connectivity index (χ3v) is 2.95. The van der Waals surface area contributed by atoms with Gasteiger partial charge in [0.2, 0.25) is 0 Å². The molecule has 0 spiro atoms. The summed E-state index contributed by atoms with van der Waals surface area (Å²) in [5.74, 6) is 0.574. The molecule has 0 saturated heterocycles. The first-order valence-corrected chi connectivity index (χ1v) is 6.13. The summed E-state index contributed by atoms with van der Waals surface area (Å²) in [6.45, 7) is 4.27. The van der Waals surface area contributed by atoms with Gasteiger partial charge in [0.1, 0.15) is 6.20 Å². The molecule has 1 unspecified atom stereocenters. The van der Waals surface area contributed by atoms with E-state index in [0.717, 1.165) is 12.0 Å². The quantitative estimate of drug-likeness (QED) is 0.474. The third-order valence-electron chi connectivity index (χ3n) is 2.25. The SMILES string of the molecule is CC(C)CC(Br)Cc1ccncc1[N+](=O)[O-]. The van der Waals surface area contributed by atoms with Gasteiger partial charge in [-0.3, -0.25) is 15.1 Å². The fourth-order valence-electron chi connectivity index (χ4n) is 1.59. The lowest BCUT2D eigenvalue weighted by atomic mass is 10.0. The molecule has 88 valence electrons. The maximum Gasteiger partial charge on any atom is 0.290 e. The second kappa shape index (κ2) is 5.94. The Bertz CT molecular complexity index is 369. The molecule has 0 bridgehead atoms. The van der Waals surface area contributed by atoms with Gasteiger partial charge in [0, 0.05) is 16.6 Å². The molecule has 1 heterocycles. The maximum atomic E-state index is 10.8. The molecule has 0 aliphatic rings. The van der Waals surface area contributed by atoms with Gasteiger partial charge in [-0.05, 0) is 24.8 Å². The zero-order valence-corrected chi connectivity index (χ0v) is 11.0. The van der Waals surface area contributed by atoms with Crippen molar-refractivity contribution < 1.29 is 4.92 Å². The number of aromatic nitrogens is 1. The Morgan fingerprint density at radius 2 is 2.25 bits per heavy atom. The van der Waals surface area contributed by atoms with Crippen LogP contribution in [0.3, 0.4) is 0 Å². The van der Waals surface area contributed by atoms with Gasteiger partial charge in [0.15, 0.2) is 0 Å². The summed E-state index contributed by atoms with van der Waals surface area (Å²) in [6, 6.07) is 1.72. The van der Waals surface area contributed by atoms with Crippen molar-refractivity contribution in [3.8, 4) is 0 Å². The molecule has 1 aromatic rings. The van der Waals surface area contributed by atoms with Gasteiger partial charge in [-0.25, -0.2) is 0 Å². The molecule has 0 aliphatic heterocycles. The van der Waals surface area contributed by atoms with Crippen LogP contribution in [0, 0.1) is 16.0 Å². The molecule has 1 aromatic heterocycles. The Kier molecular flexibility index (Phi) is 4.86. The van der Waals surface area contributed by atoms with Crippen molar-refractivity contribution in [3.05, 3.63) is 34.1 Å². The largest absolute Gasteiger partial charge is 0.290 e. The summed E-state index contributed by atoms with van der Waals surface area (Å²) in [5.41, 5.74) is 0.846. The molecule has 4 nitrogen and oxygen atoms in total. The van der Waals surface area contributed by atoms with Crippen LogP contribution in [0.25, 0.3) is 0 Å². The summed E-state index contributed by atoms with van der Waals surface area (Å²) in [5, 5.41) is 10.8. The van der Waals surface area contributed by atoms with E-state index < -0.39 is 0 Å². The number of hydrogen-bond donors (Lipinski definition) is 0. The van der Waals surface area contributed by atoms with E-state index in [-0.39, 0.29) is 15.4 Å². The zero-order chi connectivity index (χ0) is 12.1. The van der Waals surface area contributed by atoms with Crippen LogP contribution >= 0.6 is 15.9 Å². The van der Waals surface area contributed by atoms with E-state index >= 15 is 0 Å². The standard InChI is InChI=1S/C11H15BrN2O2/c1-8(2)5-10(12)6-9-3-4-13-7-11(9)14(15)16/h3-4,7-8,10H,5-6H2,1-2H3. The molecule has 0 aliphatic carbocycles. The van der Waals surface area contributed by atoms with E-state index in [0.29, 0.717) is 12.3 Å². The first-order valence-electron chi connectivity index (χ1n) is 5.22. The van der Waals surface area contributed by atoms with Gasteiger partial charge in [0.05, 0.1) is 4.92 Å². The molecule has 1 atom stereocenters. The van der Waals surface area contributed by atoms with Crippen LogP contribution in [0.2, 0.25) is 0 Å². The fraction of sp³-hybridized carbons (Fsp3) is 0.545. The van der Waals surface area contributed by atoms with E-state index in [1.54, 1.807) is 12.3 Å². The Morgan fingerprint density at radius 1 is 1.56 bits per heavy atom. The number of alkyl halides is 1. The van der Waals surface area contributed by atoms with Crippen LogP contribution in [0.15, 0.2) is 18.5 Å². The van der Waals surface area contributed by atoms with Crippen molar-refractivity contribution in [2.75, 3.05) is 0 Å². The highest BCUT2D eigenvalue weighted by molar-refractivity contribution is 9.09. The van der Waals surface area contributed by atoms with E-state index in [1.165, 1.54) is 6.20 Å². The van der Waals surface area contributed by atoms with Crippen LogP contribution in [0.5, 0.6) is 0 Å². The molecule has 0 fully saturated rings. The normalized spacial score (nSPS) is 12.8. The molecule has 5 heteroatoms. The summed E-state index contributed by atoms with van der Waals surface area (Å²) in [7, 11) is 0. The first kappa shape index (κ1) is 13.1. The monoisotopic (exact) mass is 286 g/mol. The number of nitrogens with zero attached hydrogens (tertiary/aromatic N) is 2. The average Bonchev–Trinajstić information content (AvgIpc) is 2.16. The maximum absolute atomic E-state index is 10.8. The molecule has 0 radical (unpaired) electrons. The minimum Gasteiger partial charge on any atom is -0.258 e. The van der Waals surface area contributed by atoms with E-state index in [1.807, 2.05) is 0 Å². The first-order chi connectivity index (χ1) is 7.50. The minimum atomic E-state index is -0.378. The number of hydrogen-bond acceptors (Lipinski definition) is 3. The highest BCUT2D eigenvalue weighted by Gasteiger charge is 2.16. The second-order valence-corrected chi connectivity index (χ2v) is 5.49. The molecule has 1 rings (SSSR count). The molecule has 0 aromatic carbocycles. The van der Waals surface area contributed by atoms with Gasteiger partial charge in [0.25, 0.3) is 5.69 Å². The lowest BCUT2D eigenvalue weighted by Crippen LogP contribution is -2.08. The van der Waals surface area contributed by atoms with E-state index in [2.05, 4.69) is 34.8 Å². The lowest BCUT2D eigenvalue weighted by molar-refractivity contribution is -0.385. The predicted octanol–water partition coefficient (Wildman–Crippen LogP) is 3.34. The molecule has 0 saturated carbocycles. The van der Waals surface area contributed by atoms with E-state index in [9.17, 15) is 10.1 Å². The zero-order valence-electron chi connectivity index (χ0n) is 9.39. The predicted molar refractivity (Wildman–Crippen MR) is 66.8 cm³/mol. The van der Waals surface area contributed by atoms with Crippen molar-refractivity contribution in [3.63, 3.8) is 0 Å². The van der Waals surface area contributed by atoms with Crippen molar-refractivity contribution >= 4 is 21.6 Å². The average molecular weight is 287 g/mol. The Labute approximate surface area is 103 Å². The van der Waals surface area contributed by atoms with Crippen molar-refractivity contribution in [1.82, 2.24) is 4.98 Å². The number of nitro groups is 1. The fourth-order valence-corrected chi connectivity index (χ4v) is 2.68. The Hall–Kier alpha value is -0.970. The lowest BCUT2D eigenvalue weighted by Gasteiger charge is -2.11. The third kappa shape index (κ3) is 3.89. The van der Waals surface area contributed by atoms with Crippen LogP contribution in [0.4, 0.5) is 5.69 Å². The molecule has 0 amide bonds. The topological polar surface area (TPSA) is 56.0 Å². The van der Waals surface area contributed by atoms with Crippen LogP contribution in [-0.4, -0.2) is 14.7 Å². The molecular weight excluding hydrogens is 272 g/mol.